The molecule has 120 valence electrons. The smallest absolute Gasteiger partial charge is 0.276 e. The fraction of sp³-hybridized carbons (Fsp3) is 0.538. The minimum atomic E-state index is -3.76. The van der Waals surface area contributed by atoms with Crippen LogP contribution in [0.3, 0.4) is 0 Å². The standard InChI is InChI=1S/C13H22N2O5S/c1-3-7-15(8-9-16)21(17,18)13-5-4-12(20-13)11-14-6-10-19-2/h3-5,14,16H,1,6-11H2,2H3. The number of nitrogens with one attached hydrogen (secondary N) is 1. The number of hydrogen-bond donors (Lipinski definition) is 2. The van der Waals surface area contributed by atoms with Gasteiger partial charge in [0.15, 0.2) is 0 Å². The summed E-state index contributed by atoms with van der Waals surface area (Å²) in [5.74, 6) is 0.521. The Bertz CT molecular complexity index is 526. The summed E-state index contributed by atoms with van der Waals surface area (Å²) in [4.78, 5) is 0. The predicted molar refractivity (Wildman–Crippen MR) is 78.3 cm³/mol. The molecule has 0 aromatic carbocycles. The molecule has 1 heterocycles. The van der Waals surface area contributed by atoms with Crippen molar-refractivity contribution in [2.75, 3.05) is 40.0 Å². The van der Waals surface area contributed by atoms with Crippen LogP contribution < -0.4 is 5.32 Å². The van der Waals surface area contributed by atoms with Gasteiger partial charge in [0, 0.05) is 26.7 Å². The molecular weight excluding hydrogens is 296 g/mol. The topological polar surface area (TPSA) is 92.0 Å². The van der Waals surface area contributed by atoms with Crippen molar-refractivity contribution in [2.24, 2.45) is 0 Å². The number of aliphatic hydroxyl groups is 1. The third kappa shape index (κ3) is 5.25. The minimum Gasteiger partial charge on any atom is -0.447 e. The third-order valence-electron chi connectivity index (χ3n) is 2.70. The van der Waals surface area contributed by atoms with Crippen LogP contribution in [-0.2, 0) is 21.3 Å². The Hall–Kier alpha value is -1.19. The van der Waals surface area contributed by atoms with Gasteiger partial charge in [-0.15, -0.1) is 6.58 Å². The molecule has 0 amide bonds. The fourth-order valence-corrected chi connectivity index (χ4v) is 3.00. The lowest BCUT2D eigenvalue weighted by atomic mass is 10.4. The van der Waals surface area contributed by atoms with Crippen molar-refractivity contribution in [2.45, 2.75) is 11.6 Å². The van der Waals surface area contributed by atoms with Crippen LogP contribution in [0.4, 0.5) is 0 Å². The molecule has 0 aliphatic rings. The normalized spacial score (nSPS) is 12.0. The molecule has 0 atom stereocenters. The Morgan fingerprint density at radius 3 is 2.90 bits per heavy atom. The van der Waals surface area contributed by atoms with E-state index in [1.165, 1.54) is 12.1 Å². The van der Waals surface area contributed by atoms with E-state index in [0.29, 0.717) is 25.5 Å². The first-order valence-corrected chi connectivity index (χ1v) is 8.00. The zero-order valence-corrected chi connectivity index (χ0v) is 12.9. The van der Waals surface area contributed by atoms with Gasteiger partial charge in [0.05, 0.1) is 19.8 Å². The van der Waals surface area contributed by atoms with Gasteiger partial charge in [0.25, 0.3) is 10.0 Å². The van der Waals surface area contributed by atoms with Gasteiger partial charge >= 0.3 is 0 Å². The van der Waals surface area contributed by atoms with E-state index in [4.69, 9.17) is 14.3 Å². The van der Waals surface area contributed by atoms with Gasteiger partial charge in [0.2, 0.25) is 5.09 Å². The average Bonchev–Trinajstić information content (AvgIpc) is 2.93. The van der Waals surface area contributed by atoms with Crippen LogP contribution in [0.5, 0.6) is 0 Å². The van der Waals surface area contributed by atoms with Crippen molar-refractivity contribution >= 4 is 10.0 Å². The van der Waals surface area contributed by atoms with E-state index < -0.39 is 10.0 Å². The van der Waals surface area contributed by atoms with Crippen LogP contribution in [-0.4, -0.2) is 57.8 Å². The number of rotatable bonds is 11. The lowest BCUT2D eigenvalue weighted by Crippen LogP contribution is -2.33. The Kier molecular flexibility index (Phi) is 7.62. The van der Waals surface area contributed by atoms with Crippen molar-refractivity contribution in [1.82, 2.24) is 9.62 Å². The summed E-state index contributed by atoms with van der Waals surface area (Å²) >= 11 is 0. The van der Waals surface area contributed by atoms with E-state index in [1.54, 1.807) is 13.2 Å². The Morgan fingerprint density at radius 1 is 1.52 bits per heavy atom. The predicted octanol–water partition coefficient (Wildman–Crippen LogP) is 0.185. The second kappa shape index (κ2) is 8.96. The molecule has 1 aromatic heterocycles. The summed E-state index contributed by atoms with van der Waals surface area (Å²) in [6, 6.07) is 3.02. The second-order valence-corrected chi connectivity index (χ2v) is 6.13. The van der Waals surface area contributed by atoms with Crippen LogP contribution >= 0.6 is 0 Å². The van der Waals surface area contributed by atoms with E-state index in [0.717, 1.165) is 4.31 Å². The van der Waals surface area contributed by atoms with Gasteiger partial charge in [0.1, 0.15) is 5.76 Å². The maximum Gasteiger partial charge on any atom is 0.276 e. The molecule has 2 N–H and O–H groups in total. The first kappa shape index (κ1) is 17.9. The Balaban J connectivity index is 2.74. The number of methoxy groups -OCH3 is 1. The van der Waals surface area contributed by atoms with Gasteiger partial charge in [-0.3, -0.25) is 0 Å². The molecule has 0 fully saturated rings. The fourth-order valence-electron chi connectivity index (χ4n) is 1.67. The monoisotopic (exact) mass is 318 g/mol. The molecule has 0 unspecified atom stereocenters. The molecule has 0 bridgehead atoms. The van der Waals surface area contributed by atoms with Crippen molar-refractivity contribution in [3.8, 4) is 0 Å². The molecule has 7 nitrogen and oxygen atoms in total. The average molecular weight is 318 g/mol. The highest BCUT2D eigenvalue weighted by Gasteiger charge is 2.26. The van der Waals surface area contributed by atoms with Gasteiger partial charge in [-0.1, -0.05) is 6.08 Å². The number of nitrogens with zero attached hydrogens (tertiary/aromatic N) is 1. The molecule has 0 saturated heterocycles. The molecule has 0 saturated carbocycles. The molecule has 0 spiro atoms. The lowest BCUT2D eigenvalue weighted by molar-refractivity contribution is 0.198. The molecular formula is C13H22N2O5S. The highest BCUT2D eigenvalue weighted by molar-refractivity contribution is 7.89. The van der Waals surface area contributed by atoms with Crippen LogP contribution in [0, 0.1) is 0 Å². The molecule has 8 heteroatoms. The summed E-state index contributed by atoms with van der Waals surface area (Å²) in [5, 5.41) is 11.9. The van der Waals surface area contributed by atoms with Gasteiger partial charge in [-0.05, 0) is 12.1 Å². The first-order valence-electron chi connectivity index (χ1n) is 6.56. The van der Waals surface area contributed by atoms with Crippen molar-refractivity contribution < 1.29 is 22.7 Å². The summed E-state index contributed by atoms with van der Waals surface area (Å²) in [5.41, 5.74) is 0. The zero-order chi connectivity index (χ0) is 15.7. The number of aliphatic hydroxyl groups excluding tert-OH is 1. The van der Waals surface area contributed by atoms with E-state index >= 15 is 0 Å². The van der Waals surface area contributed by atoms with E-state index in [-0.39, 0.29) is 24.8 Å². The van der Waals surface area contributed by atoms with Crippen molar-refractivity contribution in [1.29, 1.82) is 0 Å². The van der Waals surface area contributed by atoms with Crippen molar-refractivity contribution in [3.05, 3.63) is 30.5 Å². The van der Waals surface area contributed by atoms with Crippen molar-refractivity contribution in [3.63, 3.8) is 0 Å². The van der Waals surface area contributed by atoms with Gasteiger partial charge in [-0.25, -0.2) is 8.42 Å². The SMILES string of the molecule is C=CCN(CCO)S(=O)(=O)c1ccc(CNCCOC)o1. The quantitative estimate of drug-likeness (QED) is 0.447. The van der Waals surface area contributed by atoms with Crippen LogP contribution in [0.2, 0.25) is 0 Å². The number of sulfonamides is 1. The molecule has 1 rings (SSSR count). The van der Waals surface area contributed by atoms with Gasteiger partial charge in [-0.2, -0.15) is 4.31 Å². The summed E-state index contributed by atoms with van der Waals surface area (Å²) in [7, 11) is -2.15. The molecule has 0 aliphatic heterocycles. The third-order valence-corrected chi connectivity index (χ3v) is 4.43. The lowest BCUT2D eigenvalue weighted by Gasteiger charge is -2.17. The molecule has 0 radical (unpaired) electrons. The highest BCUT2D eigenvalue weighted by Crippen LogP contribution is 2.18. The van der Waals surface area contributed by atoms with Crippen LogP contribution in [0.15, 0.2) is 34.3 Å². The highest BCUT2D eigenvalue weighted by atomic mass is 32.2. The molecule has 1 aromatic rings. The van der Waals surface area contributed by atoms with Crippen LogP contribution in [0.25, 0.3) is 0 Å². The minimum absolute atomic E-state index is 0.00350. The summed E-state index contributed by atoms with van der Waals surface area (Å²) < 4.78 is 36.0. The van der Waals surface area contributed by atoms with E-state index in [9.17, 15) is 8.42 Å². The Morgan fingerprint density at radius 2 is 2.29 bits per heavy atom. The number of hydrogen-bond acceptors (Lipinski definition) is 6. The number of furan rings is 1. The number of ether oxygens (including phenoxy) is 1. The van der Waals surface area contributed by atoms with E-state index in [2.05, 4.69) is 11.9 Å². The molecule has 21 heavy (non-hydrogen) atoms. The summed E-state index contributed by atoms with van der Waals surface area (Å²) in [6.45, 7) is 4.99. The largest absolute Gasteiger partial charge is 0.447 e. The van der Waals surface area contributed by atoms with Crippen LogP contribution in [0.1, 0.15) is 5.76 Å². The summed E-state index contributed by atoms with van der Waals surface area (Å²) in [6.07, 6.45) is 1.46. The maximum absolute atomic E-state index is 12.3. The van der Waals surface area contributed by atoms with E-state index in [1.807, 2.05) is 0 Å². The molecule has 0 aliphatic carbocycles. The zero-order valence-electron chi connectivity index (χ0n) is 12.1. The second-order valence-electron chi connectivity index (χ2n) is 4.27. The maximum atomic E-state index is 12.3. The van der Waals surface area contributed by atoms with Gasteiger partial charge < -0.3 is 19.6 Å². The first-order chi connectivity index (χ1) is 10.1. The Labute approximate surface area is 125 Å².